The quantitative estimate of drug-likeness (QED) is 0.325. The van der Waals surface area contributed by atoms with E-state index in [0.717, 1.165) is 0 Å². The van der Waals surface area contributed by atoms with Gasteiger partial charge in [0, 0.05) is 0 Å². The molecule has 0 saturated carbocycles. The van der Waals surface area contributed by atoms with E-state index in [1.54, 1.807) is 0 Å². The maximum Gasteiger partial charge on any atom is -0.00264 e. The normalized spacial score (nSPS) is 11.4. The molecule has 0 unspecified atom stereocenters. The highest BCUT2D eigenvalue weighted by molar-refractivity contribution is 6.15. The highest BCUT2D eigenvalue weighted by Gasteiger charge is 2.15. The molecule has 124 valence electrons. The Hall–Kier alpha value is -2.60. The number of hydrogen-bond donors (Lipinski definition) is 0. The van der Waals surface area contributed by atoms with Crippen molar-refractivity contribution in [2.75, 3.05) is 0 Å². The Morgan fingerprint density at radius 1 is 0.480 bits per heavy atom. The van der Waals surface area contributed by atoms with Gasteiger partial charge in [-0.1, -0.05) is 54.6 Å². The molecule has 0 N–H and O–H groups in total. The maximum atomic E-state index is 2.37. The van der Waals surface area contributed by atoms with E-state index < -0.39 is 0 Å². The molecular weight excluding hydrogens is 300 g/mol. The zero-order valence-electron chi connectivity index (χ0n) is 15.7. The average Bonchev–Trinajstić information content (AvgIpc) is 2.60. The van der Waals surface area contributed by atoms with Crippen LogP contribution in [0.25, 0.3) is 32.7 Å². The Morgan fingerprint density at radius 2 is 0.880 bits per heavy atom. The van der Waals surface area contributed by atoms with E-state index in [9.17, 15) is 0 Å². The van der Waals surface area contributed by atoms with E-state index in [4.69, 9.17) is 0 Å². The monoisotopic (exact) mass is 324 g/mol. The Balaban J connectivity index is 2.30. The molecule has 0 nitrogen and oxygen atoms in total. The first kappa shape index (κ1) is 15.9. The zero-order chi connectivity index (χ0) is 17.7. The van der Waals surface area contributed by atoms with Crippen molar-refractivity contribution in [1.82, 2.24) is 0 Å². The van der Waals surface area contributed by atoms with Crippen molar-refractivity contribution >= 4 is 21.5 Å². The number of rotatable bonds is 1. The van der Waals surface area contributed by atoms with Gasteiger partial charge in [0.1, 0.15) is 0 Å². The van der Waals surface area contributed by atoms with Gasteiger partial charge in [-0.15, -0.1) is 0 Å². The molecule has 0 aliphatic carbocycles. The van der Waals surface area contributed by atoms with Gasteiger partial charge in [-0.2, -0.15) is 0 Å². The van der Waals surface area contributed by atoms with Crippen LogP contribution in [0.4, 0.5) is 0 Å². The molecule has 4 aromatic carbocycles. The lowest BCUT2D eigenvalue weighted by Crippen LogP contribution is -1.94. The van der Waals surface area contributed by atoms with Gasteiger partial charge in [-0.3, -0.25) is 0 Å². The topological polar surface area (TPSA) is 0 Å². The largest absolute Gasteiger partial charge is 0.0622 e. The van der Waals surface area contributed by atoms with Crippen LogP contribution >= 0.6 is 0 Å². The van der Waals surface area contributed by atoms with Crippen LogP contribution in [0.5, 0.6) is 0 Å². The minimum atomic E-state index is 1.30. The minimum Gasteiger partial charge on any atom is -0.0622 e. The fraction of sp³-hybridized carbons (Fsp3) is 0.200. The molecule has 0 heteroatoms. The molecule has 0 atom stereocenters. The Kier molecular flexibility index (Phi) is 3.65. The van der Waals surface area contributed by atoms with E-state index in [1.807, 2.05) is 0 Å². The summed E-state index contributed by atoms with van der Waals surface area (Å²) >= 11 is 0. The summed E-state index contributed by atoms with van der Waals surface area (Å²) in [6.07, 6.45) is 0. The summed E-state index contributed by atoms with van der Waals surface area (Å²) in [6, 6.07) is 20.3. The summed E-state index contributed by atoms with van der Waals surface area (Å²) in [5, 5.41) is 5.47. The van der Waals surface area contributed by atoms with Crippen LogP contribution < -0.4 is 0 Å². The van der Waals surface area contributed by atoms with E-state index >= 15 is 0 Å². The molecule has 0 aliphatic heterocycles. The standard InChI is InChI=1S/C25H24/c1-15-11-21-19(5)22-12-16(2)18(4)14-24(22)25(23(21)13-17(15)3)20-9-7-6-8-10-20/h6-14H,1-5H3. The van der Waals surface area contributed by atoms with E-state index in [0.29, 0.717) is 0 Å². The average molecular weight is 324 g/mol. The second kappa shape index (κ2) is 5.74. The third kappa shape index (κ3) is 2.44. The molecule has 4 rings (SSSR count). The number of aryl methyl sites for hydroxylation is 5. The van der Waals surface area contributed by atoms with Gasteiger partial charge in [0.25, 0.3) is 0 Å². The lowest BCUT2D eigenvalue weighted by Gasteiger charge is -2.18. The number of benzene rings is 4. The van der Waals surface area contributed by atoms with Crippen LogP contribution in [0.3, 0.4) is 0 Å². The van der Waals surface area contributed by atoms with E-state index in [2.05, 4.69) is 89.2 Å². The zero-order valence-corrected chi connectivity index (χ0v) is 15.7. The summed E-state index contributed by atoms with van der Waals surface area (Å²) in [5.41, 5.74) is 9.47. The van der Waals surface area contributed by atoms with Gasteiger partial charge in [-0.25, -0.2) is 0 Å². The van der Waals surface area contributed by atoms with Crippen LogP contribution in [-0.4, -0.2) is 0 Å². The molecule has 0 spiro atoms. The highest BCUT2D eigenvalue weighted by atomic mass is 14.2. The molecule has 0 saturated heterocycles. The number of hydrogen-bond acceptors (Lipinski definition) is 0. The van der Waals surface area contributed by atoms with Crippen molar-refractivity contribution in [1.29, 1.82) is 0 Å². The van der Waals surface area contributed by atoms with Crippen molar-refractivity contribution in [3.63, 3.8) is 0 Å². The van der Waals surface area contributed by atoms with Crippen molar-refractivity contribution in [2.24, 2.45) is 0 Å². The van der Waals surface area contributed by atoms with Crippen LogP contribution in [0.2, 0.25) is 0 Å². The van der Waals surface area contributed by atoms with E-state index in [1.165, 1.54) is 60.5 Å². The maximum absolute atomic E-state index is 2.37. The second-order valence-corrected chi connectivity index (χ2v) is 7.33. The summed E-state index contributed by atoms with van der Waals surface area (Å²) in [7, 11) is 0. The van der Waals surface area contributed by atoms with Crippen LogP contribution in [-0.2, 0) is 0 Å². The number of fused-ring (bicyclic) bond motifs is 2. The van der Waals surface area contributed by atoms with Gasteiger partial charge in [0.2, 0.25) is 0 Å². The second-order valence-electron chi connectivity index (χ2n) is 7.33. The Bertz CT molecular complexity index is 1050. The van der Waals surface area contributed by atoms with Crippen molar-refractivity contribution < 1.29 is 0 Å². The molecule has 0 bridgehead atoms. The Morgan fingerprint density at radius 3 is 1.32 bits per heavy atom. The predicted molar refractivity (Wildman–Crippen MR) is 111 cm³/mol. The van der Waals surface area contributed by atoms with Gasteiger partial charge in [0.15, 0.2) is 0 Å². The molecule has 0 aromatic heterocycles. The highest BCUT2D eigenvalue weighted by Crippen LogP contribution is 2.40. The van der Waals surface area contributed by atoms with Crippen molar-refractivity contribution in [3.8, 4) is 11.1 Å². The predicted octanol–water partition coefficient (Wildman–Crippen LogP) is 7.20. The van der Waals surface area contributed by atoms with Gasteiger partial charge < -0.3 is 0 Å². The van der Waals surface area contributed by atoms with Gasteiger partial charge in [0.05, 0.1) is 0 Å². The smallest absolute Gasteiger partial charge is 0.00264 e. The fourth-order valence-electron chi connectivity index (χ4n) is 3.87. The summed E-state index contributed by atoms with van der Waals surface area (Å²) in [4.78, 5) is 0. The van der Waals surface area contributed by atoms with E-state index in [-0.39, 0.29) is 0 Å². The lowest BCUT2D eigenvalue weighted by atomic mass is 9.86. The Labute approximate surface area is 150 Å². The van der Waals surface area contributed by atoms with Crippen molar-refractivity contribution in [3.05, 3.63) is 82.4 Å². The van der Waals surface area contributed by atoms with Gasteiger partial charge in [-0.05, 0) is 95.1 Å². The molecule has 0 radical (unpaired) electrons. The SMILES string of the molecule is Cc1cc2c(C)c3cc(C)c(C)cc3c(-c3ccccc3)c2cc1C. The third-order valence-electron chi connectivity index (χ3n) is 5.68. The first-order valence-corrected chi connectivity index (χ1v) is 8.97. The molecule has 0 fully saturated rings. The molecular formula is C25H24. The first-order valence-electron chi connectivity index (χ1n) is 8.97. The molecule has 0 aliphatic rings. The van der Waals surface area contributed by atoms with Crippen LogP contribution in [0.15, 0.2) is 54.6 Å². The fourth-order valence-corrected chi connectivity index (χ4v) is 3.87. The van der Waals surface area contributed by atoms with Crippen LogP contribution in [0, 0.1) is 34.6 Å². The molecule has 25 heavy (non-hydrogen) atoms. The molecule has 4 aromatic rings. The van der Waals surface area contributed by atoms with Gasteiger partial charge >= 0.3 is 0 Å². The third-order valence-corrected chi connectivity index (χ3v) is 5.68. The first-order chi connectivity index (χ1) is 12.0. The molecule has 0 amide bonds. The summed E-state index contributed by atoms with van der Waals surface area (Å²) in [5.74, 6) is 0. The minimum absolute atomic E-state index is 1.30. The summed E-state index contributed by atoms with van der Waals surface area (Å²) in [6.45, 7) is 11.1. The van der Waals surface area contributed by atoms with Crippen LogP contribution in [0.1, 0.15) is 27.8 Å². The van der Waals surface area contributed by atoms with Crippen molar-refractivity contribution in [2.45, 2.75) is 34.6 Å². The molecule has 0 heterocycles. The summed E-state index contributed by atoms with van der Waals surface area (Å²) < 4.78 is 0. The lowest BCUT2D eigenvalue weighted by molar-refractivity contribution is 1.35.